The predicted octanol–water partition coefficient (Wildman–Crippen LogP) is 2.73. The van der Waals surface area contributed by atoms with Crippen LogP contribution in [0.3, 0.4) is 0 Å². The Morgan fingerprint density at radius 2 is 1.84 bits per heavy atom. The lowest BCUT2D eigenvalue weighted by molar-refractivity contribution is -0.153. The topological polar surface area (TPSA) is 78.3 Å². The van der Waals surface area contributed by atoms with Crippen molar-refractivity contribution < 1.29 is 19.1 Å². The Morgan fingerprint density at radius 3 is 2.56 bits per heavy atom. The lowest BCUT2D eigenvalue weighted by Gasteiger charge is -2.04. The average molecular weight is 336 g/mol. The van der Waals surface area contributed by atoms with Crippen molar-refractivity contribution in [3.8, 4) is 5.69 Å². The van der Waals surface area contributed by atoms with E-state index in [4.69, 9.17) is 0 Å². The number of benzene rings is 2. The number of Topliss-reactive ketones (excluding diaryl/α,β-unsaturated/α-hetero) is 2. The number of fused-ring (bicyclic) bond motifs is 1. The standard InChI is InChI=1S/C19H16N2O4/c1-2-25-19(24)18(23)11-17(22)13-8-9-16-14(10-13)12-20-21(16)15-6-4-3-5-7-15/h3-10,12H,2,11H2,1H3. The summed E-state index contributed by atoms with van der Waals surface area (Å²) in [6.07, 6.45) is 1.16. The van der Waals surface area contributed by atoms with Gasteiger partial charge in [-0.1, -0.05) is 18.2 Å². The molecular formula is C19H16N2O4. The SMILES string of the molecule is CCOC(=O)C(=O)CC(=O)c1ccc2c(cnn2-c2ccccc2)c1. The van der Waals surface area contributed by atoms with E-state index in [1.807, 2.05) is 30.3 Å². The van der Waals surface area contributed by atoms with E-state index < -0.39 is 24.0 Å². The normalized spacial score (nSPS) is 10.6. The van der Waals surface area contributed by atoms with E-state index in [-0.39, 0.29) is 6.61 Å². The smallest absolute Gasteiger partial charge is 0.375 e. The molecule has 0 aliphatic carbocycles. The highest BCUT2D eigenvalue weighted by Crippen LogP contribution is 2.20. The molecule has 6 heteroatoms. The van der Waals surface area contributed by atoms with Crippen molar-refractivity contribution in [1.82, 2.24) is 9.78 Å². The van der Waals surface area contributed by atoms with Crippen LogP contribution in [0.1, 0.15) is 23.7 Å². The highest BCUT2D eigenvalue weighted by atomic mass is 16.5. The second-order valence-corrected chi connectivity index (χ2v) is 5.41. The third-order valence-corrected chi connectivity index (χ3v) is 3.71. The van der Waals surface area contributed by atoms with Gasteiger partial charge in [-0.05, 0) is 37.3 Å². The zero-order valence-electron chi connectivity index (χ0n) is 13.6. The van der Waals surface area contributed by atoms with Crippen LogP contribution in [0, 0.1) is 0 Å². The van der Waals surface area contributed by atoms with Gasteiger partial charge in [-0.3, -0.25) is 9.59 Å². The van der Waals surface area contributed by atoms with Crippen LogP contribution in [0.25, 0.3) is 16.6 Å². The van der Waals surface area contributed by atoms with Crippen LogP contribution in [-0.2, 0) is 14.3 Å². The van der Waals surface area contributed by atoms with E-state index in [1.165, 1.54) is 0 Å². The molecule has 0 bridgehead atoms. The van der Waals surface area contributed by atoms with Crippen molar-refractivity contribution in [2.75, 3.05) is 6.61 Å². The first-order valence-corrected chi connectivity index (χ1v) is 7.86. The Morgan fingerprint density at radius 1 is 1.08 bits per heavy atom. The highest BCUT2D eigenvalue weighted by molar-refractivity contribution is 6.38. The minimum atomic E-state index is -0.978. The van der Waals surface area contributed by atoms with Gasteiger partial charge in [0, 0.05) is 10.9 Å². The molecule has 0 aliphatic heterocycles. The van der Waals surface area contributed by atoms with Crippen LogP contribution in [0.5, 0.6) is 0 Å². The molecule has 0 N–H and O–H groups in total. The summed E-state index contributed by atoms with van der Waals surface area (Å²) in [6.45, 7) is 1.70. The van der Waals surface area contributed by atoms with Gasteiger partial charge in [0.1, 0.15) is 0 Å². The van der Waals surface area contributed by atoms with E-state index in [0.717, 1.165) is 16.6 Å². The zero-order valence-corrected chi connectivity index (χ0v) is 13.6. The molecule has 0 unspecified atom stereocenters. The lowest BCUT2D eigenvalue weighted by atomic mass is 10.0. The summed E-state index contributed by atoms with van der Waals surface area (Å²) in [5.74, 6) is -2.24. The summed E-state index contributed by atoms with van der Waals surface area (Å²) in [7, 11) is 0. The number of ketones is 2. The molecule has 25 heavy (non-hydrogen) atoms. The molecule has 0 aliphatic rings. The maximum atomic E-state index is 12.2. The number of para-hydroxylation sites is 1. The number of carbonyl (C=O) groups is 3. The number of aromatic nitrogens is 2. The molecule has 3 aromatic rings. The summed E-state index contributed by atoms with van der Waals surface area (Å²) < 4.78 is 6.38. The molecule has 0 spiro atoms. The average Bonchev–Trinajstić information content (AvgIpc) is 3.05. The number of carbonyl (C=O) groups excluding carboxylic acids is 3. The largest absolute Gasteiger partial charge is 0.460 e. The Hall–Kier alpha value is -3.28. The van der Waals surface area contributed by atoms with E-state index in [9.17, 15) is 14.4 Å². The molecule has 0 saturated heterocycles. The van der Waals surface area contributed by atoms with Gasteiger partial charge < -0.3 is 4.74 Å². The van der Waals surface area contributed by atoms with Crippen molar-refractivity contribution >= 4 is 28.4 Å². The van der Waals surface area contributed by atoms with E-state index in [0.29, 0.717) is 5.56 Å². The molecule has 1 heterocycles. The lowest BCUT2D eigenvalue weighted by Crippen LogP contribution is -2.20. The van der Waals surface area contributed by atoms with Crippen LogP contribution in [-0.4, -0.2) is 33.9 Å². The minimum Gasteiger partial charge on any atom is -0.460 e. The minimum absolute atomic E-state index is 0.101. The molecule has 3 rings (SSSR count). The molecular weight excluding hydrogens is 320 g/mol. The third-order valence-electron chi connectivity index (χ3n) is 3.71. The first-order chi connectivity index (χ1) is 12.1. The van der Waals surface area contributed by atoms with Crippen molar-refractivity contribution in [3.05, 3.63) is 60.3 Å². The van der Waals surface area contributed by atoms with Crippen molar-refractivity contribution in [2.45, 2.75) is 13.3 Å². The fraction of sp³-hybridized carbons (Fsp3) is 0.158. The van der Waals surface area contributed by atoms with E-state index in [2.05, 4.69) is 9.84 Å². The van der Waals surface area contributed by atoms with E-state index in [1.54, 1.807) is 36.0 Å². The Bertz CT molecular complexity index is 944. The zero-order chi connectivity index (χ0) is 17.8. The van der Waals surface area contributed by atoms with E-state index >= 15 is 0 Å². The number of hydrogen-bond donors (Lipinski definition) is 0. The second-order valence-electron chi connectivity index (χ2n) is 5.41. The molecule has 0 radical (unpaired) electrons. The van der Waals surface area contributed by atoms with Crippen molar-refractivity contribution in [2.24, 2.45) is 0 Å². The fourth-order valence-corrected chi connectivity index (χ4v) is 2.51. The second kappa shape index (κ2) is 7.09. The summed E-state index contributed by atoms with van der Waals surface area (Å²) in [4.78, 5) is 35.2. The first kappa shape index (κ1) is 16.6. The van der Waals surface area contributed by atoms with Crippen LogP contribution < -0.4 is 0 Å². The molecule has 1 aromatic heterocycles. The van der Waals surface area contributed by atoms with Crippen LogP contribution >= 0.6 is 0 Å². The molecule has 126 valence electrons. The van der Waals surface area contributed by atoms with Gasteiger partial charge in [0.15, 0.2) is 5.78 Å². The molecule has 6 nitrogen and oxygen atoms in total. The maximum Gasteiger partial charge on any atom is 0.375 e. The number of esters is 1. The maximum absolute atomic E-state index is 12.2. The van der Waals surface area contributed by atoms with Gasteiger partial charge in [-0.25, -0.2) is 9.48 Å². The summed E-state index contributed by atoms with van der Waals surface area (Å²) in [6, 6.07) is 14.7. The number of ether oxygens (including phenoxy) is 1. The van der Waals surface area contributed by atoms with Crippen molar-refractivity contribution in [1.29, 1.82) is 0 Å². The van der Waals surface area contributed by atoms with Gasteiger partial charge in [0.2, 0.25) is 5.78 Å². The van der Waals surface area contributed by atoms with Gasteiger partial charge in [0.25, 0.3) is 0 Å². The molecule has 0 atom stereocenters. The van der Waals surface area contributed by atoms with Crippen molar-refractivity contribution in [3.63, 3.8) is 0 Å². The predicted molar refractivity (Wildman–Crippen MR) is 91.7 cm³/mol. The molecule has 0 amide bonds. The summed E-state index contributed by atoms with van der Waals surface area (Å²) in [5, 5.41) is 5.12. The Labute approximate surface area is 144 Å². The summed E-state index contributed by atoms with van der Waals surface area (Å²) >= 11 is 0. The third kappa shape index (κ3) is 3.47. The van der Waals surface area contributed by atoms with Crippen LogP contribution in [0.2, 0.25) is 0 Å². The quantitative estimate of drug-likeness (QED) is 0.299. The monoisotopic (exact) mass is 336 g/mol. The van der Waals surface area contributed by atoms with Crippen LogP contribution in [0.4, 0.5) is 0 Å². The molecule has 0 saturated carbocycles. The number of nitrogens with zero attached hydrogens (tertiary/aromatic N) is 2. The number of rotatable bonds is 6. The number of hydrogen-bond acceptors (Lipinski definition) is 5. The first-order valence-electron chi connectivity index (χ1n) is 7.86. The molecule has 0 fully saturated rings. The Kier molecular flexibility index (Phi) is 4.70. The Balaban J connectivity index is 1.84. The van der Waals surface area contributed by atoms with Gasteiger partial charge in [-0.15, -0.1) is 0 Å². The van der Waals surface area contributed by atoms with Gasteiger partial charge >= 0.3 is 5.97 Å². The summed E-state index contributed by atoms with van der Waals surface area (Å²) in [5.41, 5.74) is 2.12. The van der Waals surface area contributed by atoms with Gasteiger partial charge in [-0.2, -0.15) is 5.10 Å². The van der Waals surface area contributed by atoms with Gasteiger partial charge in [0.05, 0.1) is 30.4 Å². The fourth-order valence-electron chi connectivity index (χ4n) is 2.51. The molecule has 2 aromatic carbocycles. The highest BCUT2D eigenvalue weighted by Gasteiger charge is 2.20. The van der Waals surface area contributed by atoms with Crippen LogP contribution in [0.15, 0.2) is 54.7 Å².